The zero-order valence-corrected chi connectivity index (χ0v) is 12.2. The van der Waals surface area contributed by atoms with E-state index in [1.165, 1.54) is 7.11 Å². The van der Waals surface area contributed by atoms with Crippen molar-refractivity contribution in [1.29, 1.82) is 0 Å². The number of ether oxygens (including phenoxy) is 1. The Balaban J connectivity index is 2.27. The van der Waals surface area contributed by atoms with E-state index in [2.05, 4.69) is 25.0 Å². The Labute approximate surface area is 116 Å². The van der Waals surface area contributed by atoms with Gasteiger partial charge in [-0.1, -0.05) is 0 Å². The fraction of sp³-hybridized carbons (Fsp3) is 0.462. The minimum absolute atomic E-state index is 0.203. The summed E-state index contributed by atoms with van der Waals surface area (Å²) in [6.07, 6.45) is 1.94. The zero-order chi connectivity index (χ0) is 13.8. The standard InChI is InChI=1S/C13H17N3O2S/c1-4-16(6-5-10(17)18-3)13-12-11(14-8-15-13)9(2)7-19-12/h7-8H,4-6H2,1-3H3. The minimum atomic E-state index is -0.203. The Morgan fingerprint density at radius 1 is 1.47 bits per heavy atom. The van der Waals surface area contributed by atoms with Gasteiger partial charge in [0.25, 0.3) is 0 Å². The third kappa shape index (κ3) is 2.84. The van der Waals surface area contributed by atoms with Gasteiger partial charge in [0.1, 0.15) is 12.1 Å². The van der Waals surface area contributed by atoms with E-state index in [1.807, 2.05) is 13.8 Å². The lowest BCUT2D eigenvalue weighted by Gasteiger charge is -2.21. The Kier molecular flexibility index (Phi) is 4.31. The van der Waals surface area contributed by atoms with E-state index in [4.69, 9.17) is 0 Å². The second-order valence-corrected chi connectivity index (χ2v) is 5.08. The number of aromatic nitrogens is 2. The summed E-state index contributed by atoms with van der Waals surface area (Å²) in [6, 6.07) is 0. The lowest BCUT2D eigenvalue weighted by molar-refractivity contribution is -0.140. The highest BCUT2D eigenvalue weighted by Gasteiger charge is 2.14. The highest BCUT2D eigenvalue weighted by molar-refractivity contribution is 7.18. The Hall–Kier alpha value is -1.69. The number of esters is 1. The summed E-state index contributed by atoms with van der Waals surface area (Å²) >= 11 is 1.64. The van der Waals surface area contributed by atoms with Crippen molar-refractivity contribution in [2.75, 3.05) is 25.1 Å². The largest absolute Gasteiger partial charge is 0.469 e. The van der Waals surface area contributed by atoms with Gasteiger partial charge >= 0.3 is 5.97 Å². The lowest BCUT2D eigenvalue weighted by atomic mass is 10.3. The fourth-order valence-corrected chi connectivity index (χ4v) is 2.94. The second kappa shape index (κ2) is 5.97. The monoisotopic (exact) mass is 279 g/mol. The maximum Gasteiger partial charge on any atom is 0.307 e. The number of rotatable bonds is 5. The molecule has 0 saturated heterocycles. The molecule has 2 rings (SSSR count). The van der Waals surface area contributed by atoms with Crippen LogP contribution in [-0.4, -0.2) is 36.1 Å². The van der Waals surface area contributed by atoms with Crippen LogP contribution in [-0.2, 0) is 9.53 Å². The summed E-state index contributed by atoms with van der Waals surface area (Å²) in [6.45, 7) is 5.48. The molecule has 0 amide bonds. The molecule has 0 saturated carbocycles. The van der Waals surface area contributed by atoms with Gasteiger partial charge in [0, 0.05) is 13.1 Å². The average molecular weight is 279 g/mol. The minimum Gasteiger partial charge on any atom is -0.469 e. The predicted octanol–water partition coefficient (Wildman–Crippen LogP) is 2.39. The van der Waals surface area contributed by atoms with Crippen molar-refractivity contribution >= 4 is 33.3 Å². The number of hydrogen-bond acceptors (Lipinski definition) is 6. The molecule has 0 aliphatic carbocycles. The van der Waals surface area contributed by atoms with Gasteiger partial charge in [0.2, 0.25) is 0 Å². The Morgan fingerprint density at radius 3 is 2.95 bits per heavy atom. The van der Waals surface area contributed by atoms with Crippen molar-refractivity contribution in [3.63, 3.8) is 0 Å². The number of aryl methyl sites for hydroxylation is 1. The normalized spacial score (nSPS) is 10.7. The molecule has 0 fully saturated rings. The van der Waals surface area contributed by atoms with Crippen LogP contribution in [0.25, 0.3) is 10.2 Å². The predicted molar refractivity (Wildman–Crippen MR) is 76.7 cm³/mol. The summed E-state index contributed by atoms with van der Waals surface area (Å²) in [7, 11) is 1.41. The van der Waals surface area contributed by atoms with Crippen molar-refractivity contribution in [1.82, 2.24) is 9.97 Å². The van der Waals surface area contributed by atoms with E-state index in [0.717, 1.165) is 28.1 Å². The van der Waals surface area contributed by atoms with Crippen LogP contribution in [0.1, 0.15) is 18.9 Å². The number of nitrogens with zero attached hydrogens (tertiary/aromatic N) is 3. The molecule has 0 bridgehead atoms. The van der Waals surface area contributed by atoms with Crippen LogP contribution in [0.4, 0.5) is 5.82 Å². The van der Waals surface area contributed by atoms with Gasteiger partial charge < -0.3 is 9.64 Å². The van der Waals surface area contributed by atoms with Crippen molar-refractivity contribution in [2.45, 2.75) is 20.3 Å². The van der Waals surface area contributed by atoms with Crippen LogP contribution >= 0.6 is 11.3 Å². The zero-order valence-electron chi connectivity index (χ0n) is 11.3. The first-order valence-corrected chi connectivity index (χ1v) is 7.05. The molecule has 0 N–H and O–H groups in total. The van der Waals surface area contributed by atoms with Gasteiger partial charge in [0.05, 0.1) is 23.7 Å². The molecule has 2 aromatic rings. The molecule has 2 heterocycles. The van der Waals surface area contributed by atoms with Gasteiger partial charge in [-0.2, -0.15) is 0 Å². The van der Waals surface area contributed by atoms with Crippen molar-refractivity contribution in [3.8, 4) is 0 Å². The molecular weight excluding hydrogens is 262 g/mol. The number of carbonyl (C=O) groups excluding carboxylic acids is 1. The van der Waals surface area contributed by atoms with Gasteiger partial charge in [-0.3, -0.25) is 4.79 Å². The summed E-state index contributed by atoms with van der Waals surface area (Å²) < 4.78 is 5.75. The van der Waals surface area contributed by atoms with Crippen LogP contribution in [0.15, 0.2) is 11.7 Å². The molecule has 0 aromatic carbocycles. The van der Waals surface area contributed by atoms with Crippen LogP contribution in [0.3, 0.4) is 0 Å². The summed E-state index contributed by atoms with van der Waals surface area (Å²) in [5, 5.41) is 2.08. The third-order valence-corrected chi connectivity index (χ3v) is 4.09. The van der Waals surface area contributed by atoms with E-state index < -0.39 is 0 Å². The van der Waals surface area contributed by atoms with Crippen molar-refractivity contribution in [3.05, 3.63) is 17.3 Å². The molecule has 5 nitrogen and oxygen atoms in total. The van der Waals surface area contributed by atoms with E-state index in [1.54, 1.807) is 17.7 Å². The number of fused-ring (bicyclic) bond motifs is 1. The first-order chi connectivity index (χ1) is 9.17. The Morgan fingerprint density at radius 2 is 2.26 bits per heavy atom. The maximum absolute atomic E-state index is 11.3. The molecule has 0 unspecified atom stereocenters. The fourth-order valence-electron chi connectivity index (χ4n) is 1.92. The Bertz CT molecular complexity index is 582. The quantitative estimate of drug-likeness (QED) is 0.787. The van der Waals surface area contributed by atoms with Crippen LogP contribution in [0.2, 0.25) is 0 Å². The van der Waals surface area contributed by atoms with Crippen LogP contribution in [0, 0.1) is 6.92 Å². The molecule has 0 aliphatic heterocycles. The molecule has 6 heteroatoms. The SMILES string of the molecule is CCN(CCC(=O)OC)c1ncnc2c(C)csc12. The van der Waals surface area contributed by atoms with E-state index in [-0.39, 0.29) is 5.97 Å². The molecule has 0 spiro atoms. The topological polar surface area (TPSA) is 55.3 Å². The molecule has 102 valence electrons. The highest BCUT2D eigenvalue weighted by Crippen LogP contribution is 2.30. The van der Waals surface area contributed by atoms with Crippen LogP contribution in [0.5, 0.6) is 0 Å². The highest BCUT2D eigenvalue weighted by atomic mass is 32.1. The summed E-state index contributed by atoms with van der Waals surface area (Å²) in [4.78, 5) is 22.0. The number of anilines is 1. The first kappa shape index (κ1) is 13.7. The number of hydrogen-bond donors (Lipinski definition) is 0. The summed E-state index contributed by atoms with van der Waals surface area (Å²) in [5.41, 5.74) is 2.15. The molecule has 19 heavy (non-hydrogen) atoms. The first-order valence-electron chi connectivity index (χ1n) is 6.18. The molecule has 0 radical (unpaired) electrons. The van der Waals surface area contributed by atoms with Crippen molar-refractivity contribution < 1.29 is 9.53 Å². The molecule has 0 aliphatic rings. The molecule has 0 atom stereocenters. The number of carbonyl (C=O) groups is 1. The molecule has 2 aromatic heterocycles. The van der Waals surface area contributed by atoms with Gasteiger partial charge in [0.15, 0.2) is 0 Å². The third-order valence-electron chi connectivity index (χ3n) is 3.01. The van der Waals surface area contributed by atoms with Crippen LogP contribution < -0.4 is 4.90 Å². The smallest absolute Gasteiger partial charge is 0.307 e. The van der Waals surface area contributed by atoms with Gasteiger partial charge in [-0.25, -0.2) is 9.97 Å². The molecular formula is C13H17N3O2S. The second-order valence-electron chi connectivity index (χ2n) is 4.20. The van der Waals surface area contributed by atoms with Gasteiger partial charge in [-0.15, -0.1) is 11.3 Å². The van der Waals surface area contributed by atoms with E-state index in [9.17, 15) is 4.79 Å². The maximum atomic E-state index is 11.3. The van der Waals surface area contributed by atoms with Gasteiger partial charge in [-0.05, 0) is 24.8 Å². The number of thiophene rings is 1. The number of methoxy groups -OCH3 is 1. The average Bonchev–Trinajstić information content (AvgIpc) is 2.82. The van der Waals surface area contributed by atoms with Crippen molar-refractivity contribution in [2.24, 2.45) is 0 Å². The lowest BCUT2D eigenvalue weighted by Crippen LogP contribution is -2.27. The summed E-state index contributed by atoms with van der Waals surface area (Å²) in [5.74, 6) is 0.695. The van der Waals surface area contributed by atoms with E-state index >= 15 is 0 Å². The van der Waals surface area contributed by atoms with E-state index in [0.29, 0.717) is 13.0 Å².